The Morgan fingerprint density at radius 3 is 2.69 bits per heavy atom. The van der Waals surface area contributed by atoms with E-state index in [2.05, 4.69) is 21.2 Å². The van der Waals surface area contributed by atoms with Crippen LogP contribution in [0.5, 0.6) is 0 Å². The van der Waals surface area contributed by atoms with Crippen molar-refractivity contribution in [2.24, 2.45) is 5.73 Å². The standard InChI is InChI=1S/C11H18BrN3O/c1-7(2)15-6-9(12)4-10(15)11(16)14-8(3)5-13/h4,6-8H,5,13H2,1-3H3,(H,14,16)/t8-/m0/s1. The molecule has 0 bridgehead atoms. The molecule has 1 aromatic heterocycles. The number of rotatable bonds is 4. The highest BCUT2D eigenvalue weighted by Gasteiger charge is 2.15. The van der Waals surface area contributed by atoms with Crippen LogP contribution in [0.1, 0.15) is 37.3 Å². The third-order valence-corrected chi connectivity index (χ3v) is 2.77. The number of nitrogens with one attached hydrogen (secondary N) is 1. The van der Waals surface area contributed by atoms with E-state index in [0.717, 1.165) is 4.47 Å². The molecule has 5 heteroatoms. The number of hydrogen-bond acceptors (Lipinski definition) is 2. The minimum Gasteiger partial charge on any atom is -0.347 e. The topological polar surface area (TPSA) is 60.0 Å². The Kier molecular flexibility index (Phi) is 4.56. The zero-order chi connectivity index (χ0) is 12.3. The predicted molar refractivity (Wildman–Crippen MR) is 68.5 cm³/mol. The molecule has 3 N–H and O–H groups in total. The lowest BCUT2D eigenvalue weighted by molar-refractivity contribution is 0.0930. The molecular weight excluding hydrogens is 270 g/mol. The molecule has 1 atom stereocenters. The Morgan fingerprint density at radius 1 is 1.56 bits per heavy atom. The molecular formula is C11H18BrN3O. The number of carbonyl (C=O) groups is 1. The molecule has 90 valence electrons. The molecule has 0 unspecified atom stereocenters. The Morgan fingerprint density at radius 2 is 2.19 bits per heavy atom. The Hall–Kier alpha value is -0.810. The zero-order valence-electron chi connectivity index (χ0n) is 9.83. The van der Waals surface area contributed by atoms with Crippen molar-refractivity contribution in [2.75, 3.05) is 6.54 Å². The van der Waals surface area contributed by atoms with Gasteiger partial charge in [-0.2, -0.15) is 0 Å². The van der Waals surface area contributed by atoms with Gasteiger partial charge in [-0.05, 0) is 42.8 Å². The number of carbonyl (C=O) groups excluding carboxylic acids is 1. The number of nitrogens with zero attached hydrogens (tertiary/aromatic N) is 1. The van der Waals surface area contributed by atoms with Crippen molar-refractivity contribution >= 4 is 21.8 Å². The molecule has 0 saturated heterocycles. The van der Waals surface area contributed by atoms with Gasteiger partial charge in [-0.25, -0.2) is 0 Å². The number of nitrogens with two attached hydrogens (primary N) is 1. The van der Waals surface area contributed by atoms with Gasteiger partial charge in [-0.3, -0.25) is 4.79 Å². The fourth-order valence-electron chi connectivity index (χ4n) is 1.41. The van der Waals surface area contributed by atoms with Crippen LogP contribution in [0.2, 0.25) is 0 Å². The van der Waals surface area contributed by atoms with Gasteiger partial charge in [0.15, 0.2) is 0 Å². The lowest BCUT2D eigenvalue weighted by atomic mass is 10.3. The van der Waals surface area contributed by atoms with Crippen LogP contribution in [0.3, 0.4) is 0 Å². The maximum atomic E-state index is 11.9. The van der Waals surface area contributed by atoms with Crippen LogP contribution in [-0.4, -0.2) is 23.1 Å². The first-order valence-electron chi connectivity index (χ1n) is 5.34. The summed E-state index contributed by atoms with van der Waals surface area (Å²) in [7, 11) is 0. The molecule has 0 saturated carbocycles. The van der Waals surface area contributed by atoms with E-state index >= 15 is 0 Å². The van der Waals surface area contributed by atoms with E-state index in [-0.39, 0.29) is 18.0 Å². The second kappa shape index (κ2) is 5.50. The van der Waals surface area contributed by atoms with E-state index in [4.69, 9.17) is 5.73 Å². The minimum absolute atomic E-state index is 0.0122. The van der Waals surface area contributed by atoms with Gasteiger partial charge >= 0.3 is 0 Å². The van der Waals surface area contributed by atoms with Crippen molar-refractivity contribution in [3.8, 4) is 0 Å². The van der Waals surface area contributed by atoms with E-state index in [1.54, 1.807) is 0 Å². The van der Waals surface area contributed by atoms with Crippen molar-refractivity contribution in [3.63, 3.8) is 0 Å². The van der Waals surface area contributed by atoms with Crippen LogP contribution in [-0.2, 0) is 0 Å². The molecule has 16 heavy (non-hydrogen) atoms. The SMILES string of the molecule is CC(C)n1cc(Br)cc1C(=O)N[C@@H](C)CN. The summed E-state index contributed by atoms with van der Waals surface area (Å²) >= 11 is 3.38. The summed E-state index contributed by atoms with van der Waals surface area (Å²) in [6.45, 7) is 6.40. The Labute approximate surface area is 104 Å². The van der Waals surface area contributed by atoms with Crippen molar-refractivity contribution < 1.29 is 4.79 Å². The molecule has 0 spiro atoms. The summed E-state index contributed by atoms with van der Waals surface area (Å²) in [6.07, 6.45) is 1.91. The van der Waals surface area contributed by atoms with E-state index in [1.807, 2.05) is 37.6 Å². The third-order valence-electron chi connectivity index (χ3n) is 2.34. The first-order valence-corrected chi connectivity index (χ1v) is 6.13. The summed E-state index contributed by atoms with van der Waals surface area (Å²) < 4.78 is 2.84. The summed E-state index contributed by atoms with van der Waals surface area (Å²) in [5.74, 6) is -0.0858. The van der Waals surface area contributed by atoms with E-state index in [1.165, 1.54) is 0 Å². The van der Waals surface area contributed by atoms with Crippen molar-refractivity contribution in [1.29, 1.82) is 0 Å². The summed E-state index contributed by atoms with van der Waals surface area (Å²) in [6, 6.07) is 2.06. The maximum Gasteiger partial charge on any atom is 0.268 e. The van der Waals surface area contributed by atoms with E-state index < -0.39 is 0 Å². The van der Waals surface area contributed by atoms with Crippen LogP contribution in [0.15, 0.2) is 16.7 Å². The van der Waals surface area contributed by atoms with Gasteiger partial charge in [0.05, 0.1) is 0 Å². The molecule has 1 amide bonds. The lowest BCUT2D eigenvalue weighted by Crippen LogP contribution is -2.38. The van der Waals surface area contributed by atoms with E-state index in [9.17, 15) is 4.79 Å². The first kappa shape index (κ1) is 13.3. The van der Waals surface area contributed by atoms with Crippen LogP contribution >= 0.6 is 15.9 Å². The van der Waals surface area contributed by atoms with Gasteiger partial charge in [0.1, 0.15) is 5.69 Å². The number of hydrogen-bond donors (Lipinski definition) is 2. The zero-order valence-corrected chi connectivity index (χ0v) is 11.4. The molecule has 1 heterocycles. The van der Waals surface area contributed by atoms with Crippen LogP contribution in [0.4, 0.5) is 0 Å². The second-order valence-electron chi connectivity index (χ2n) is 4.15. The fourth-order valence-corrected chi connectivity index (χ4v) is 1.85. The van der Waals surface area contributed by atoms with Gasteiger partial charge in [-0.1, -0.05) is 0 Å². The largest absolute Gasteiger partial charge is 0.347 e. The van der Waals surface area contributed by atoms with Gasteiger partial charge in [0, 0.05) is 29.3 Å². The summed E-state index contributed by atoms with van der Waals surface area (Å²) in [5.41, 5.74) is 6.13. The predicted octanol–water partition coefficient (Wildman–Crippen LogP) is 1.91. The third kappa shape index (κ3) is 3.09. The average Bonchev–Trinajstić information content (AvgIpc) is 2.60. The average molecular weight is 288 g/mol. The minimum atomic E-state index is -0.0858. The highest BCUT2D eigenvalue weighted by atomic mass is 79.9. The van der Waals surface area contributed by atoms with Crippen LogP contribution in [0.25, 0.3) is 0 Å². The van der Waals surface area contributed by atoms with Gasteiger partial charge in [0.2, 0.25) is 0 Å². The monoisotopic (exact) mass is 287 g/mol. The molecule has 0 aromatic carbocycles. The quantitative estimate of drug-likeness (QED) is 0.889. The van der Waals surface area contributed by atoms with Crippen molar-refractivity contribution in [3.05, 3.63) is 22.4 Å². The van der Waals surface area contributed by atoms with Crippen molar-refractivity contribution in [2.45, 2.75) is 32.9 Å². The van der Waals surface area contributed by atoms with E-state index in [0.29, 0.717) is 12.2 Å². The van der Waals surface area contributed by atoms with Crippen molar-refractivity contribution in [1.82, 2.24) is 9.88 Å². The molecule has 0 aliphatic rings. The number of aromatic nitrogens is 1. The Balaban J connectivity index is 2.90. The molecule has 4 nitrogen and oxygen atoms in total. The van der Waals surface area contributed by atoms with Gasteiger partial charge in [-0.15, -0.1) is 0 Å². The lowest BCUT2D eigenvalue weighted by Gasteiger charge is -2.15. The van der Waals surface area contributed by atoms with Gasteiger partial charge < -0.3 is 15.6 Å². The first-order chi connectivity index (χ1) is 7.45. The molecule has 1 rings (SSSR count). The maximum absolute atomic E-state index is 11.9. The summed E-state index contributed by atoms with van der Waals surface area (Å²) in [4.78, 5) is 11.9. The molecule has 0 fully saturated rings. The molecule has 1 aromatic rings. The number of amides is 1. The summed E-state index contributed by atoms with van der Waals surface area (Å²) in [5, 5.41) is 2.85. The van der Waals surface area contributed by atoms with Crippen LogP contribution < -0.4 is 11.1 Å². The van der Waals surface area contributed by atoms with Gasteiger partial charge in [0.25, 0.3) is 5.91 Å². The van der Waals surface area contributed by atoms with Crippen LogP contribution in [0, 0.1) is 0 Å². The highest BCUT2D eigenvalue weighted by molar-refractivity contribution is 9.10. The fraction of sp³-hybridized carbons (Fsp3) is 0.545. The Bertz CT molecular complexity index is 373. The highest BCUT2D eigenvalue weighted by Crippen LogP contribution is 2.19. The molecule has 0 aliphatic carbocycles. The number of halogens is 1. The molecule has 0 aliphatic heterocycles. The molecule has 0 radical (unpaired) electrons. The smallest absolute Gasteiger partial charge is 0.268 e. The normalized spacial score (nSPS) is 12.9. The second-order valence-corrected chi connectivity index (χ2v) is 5.07.